The molecule has 1 N–H and O–H groups in total. The molecular weight excluding hydrogens is 510 g/mol. The lowest BCUT2D eigenvalue weighted by molar-refractivity contribution is -0.120. The molecule has 1 saturated heterocycles. The average molecular weight is 540 g/mol. The van der Waals surface area contributed by atoms with E-state index in [9.17, 15) is 9.59 Å². The fourth-order valence-corrected chi connectivity index (χ4v) is 5.40. The molecule has 6 rings (SSSR count). The van der Waals surface area contributed by atoms with Gasteiger partial charge in [-0.1, -0.05) is 35.5 Å². The summed E-state index contributed by atoms with van der Waals surface area (Å²) in [6.07, 6.45) is 2.24. The summed E-state index contributed by atoms with van der Waals surface area (Å²) in [7, 11) is 0. The lowest BCUT2D eigenvalue weighted by Crippen LogP contribution is -2.35. The summed E-state index contributed by atoms with van der Waals surface area (Å²) in [5.74, 6) is 0.240. The van der Waals surface area contributed by atoms with Crippen LogP contribution in [0.4, 0.5) is 5.69 Å². The molecule has 40 heavy (non-hydrogen) atoms. The number of rotatable bonds is 8. The molecule has 4 heterocycles. The van der Waals surface area contributed by atoms with Crippen LogP contribution in [0.15, 0.2) is 66.9 Å². The van der Waals surface area contributed by atoms with Gasteiger partial charge in [-0.3, -0.25) is 9.78 Å². The van der Waals surface area contributed by atoms with Crippen molar-refractivity contribution in [3.63, 3.8) is 0 Å². The molecule has 10 heteroatoms. The van der Waals surface area contributed by atoms with Crippen molar-refractivity contribution in [2.45, 2.75) is 44.9 Å². The van der Waals surface area contributed by atoms with Crippen molar-refractivity contribution in [2.75, 3.05) is 18.5 Å². The quantitative estimate of drug-likeness (QED) is 0.333. The summed E-state index contributed by atoms with van der Waals surface area (Å²) in [6, 6.07) is 18.9. The number of amides is 1. The summed E-state index contributed by atoms with van der Waals surface area (Å²) in [5.41, 5.74) is 4.37. The van der Waals surface area contributed by atoms with Crippen LogP contribution in [0.25, 0.3) is 11.3 Å². The van der Waals surface area contributed by atoms with Gasteiger partial charge in [0.2, 0.25) is 5.91 Å². The summed E-state index contributed by atoms with van der Waals surface area (Å²) >= 11 is 0. The number of esters is 1. The maximum Gasteiger partial charge on any atom is 0.339 e. The second-order valence-corrected chi connectivity index (χ2v) is 9.99. The Kier molecular flexibility index (Phi) is 6.77. The molecule has 2 aromatic heterocycles. The normalized spacial score (nSPS) is 19.4. The van der Waals surface area contributed by atoms with Gasteiger partial charge < -0.3 is 19.5 Å². The molecule has 2 aliphatic rings. The average Bonchev–Trinajstić information content (AvgIpc) is 3.66. The molecule has 0 saturated carbocycles. The third-order valence-electron chi connectivity index (χ3n) is 7.36. The molecule has 2 atom stereocenters. The van der Waals surface area contributed by atoms with Crippen molar-refractivity contribution in [2.24, 2.45) is 0 Å². The number of benzene rings is 2. The lowest BCUT2D eigenvalue weighted by atomic mass is 9.79. The first-order chi connectivity index (χ1) is 19.5. The Morgan fingerprint density at radius 3 is 2.83 bits per heavy atom. The highest BCUT2D eigenvalue weighted by Gasteiger charge is 2.52. The smallest absolute Gasteiger partial charge is 0.339 e. The molecule has 204 valence electrons. The van der Waals surface area contributed by atoms with Crippen LogP contribution in [-0.4, -0.2) is 51.2 Å². The molecule has 1 spiro atoms. The highest BCUT2D eigenvalue weighted by molar-refractivity contribution is 6.06. The van der Waals surface area contributed by atoms with Gasteiger partial charge in [-0.05, 0) is 56.2 Å². The van der Waals surface area contributed by atoms with Gasteiger partial charge in [0.25, 0.3) is 0 Å². The van der Waals surface area contributed by atoms with Crippen LogP contribution in [0.3, 0.4) is 0 Å². The fourth-order valence-electron chi connectivity index (χ4n) is 5.40. The number of anilines is 1. The van der Waals surface area contributed by atoms with Crippen molar-refractivity contribution in [3.8, 4) is 17.0 Å². The van der Waals surface area contributed by atoms with Crippen molar-refractivity contribution in [1.82, 2.24) is 20.0 Å². The molecule has 0 bridgehead atoms. The zero-order valence-corrected chi connectivity index (χ0v) is 22.3. The topological polar surface area (TPSA) is 117 Å². The van der Waals surface area contributed by atoms with Gasteiger partial charge in [0.05, 0.1) is 49.0 Å². The summed E-state index contributed by atoms with van der Waals surface area (Å²) in [4.78, 5) is 29.6. The molecule has 0 radical (unpaired) electrons. The number of para-hydroxylation sites is 2. The number of pyridine rings is 1. The van der Waals surface area contributed by atoms with Gasteiger partial charge in [-0.15, -0.1) is 5.10 Å². The first kappa shape index (κ1) is 25.7. The molecule has 1 fully saturated rings. The van der Waals surface area contributed by atoms with E-state index in [-0.39, 0.29) is 24.6 Å². The maximum absolute atomic E-state index is 12.8. The van der Waals surface area contributed by atoms with E-state index in [0.717, 1.165) is 16.8 Å². The van der Waals surface area contributed by atoms with Crippen molar-refractivity contribution in [1.29, 1.82) is 0 Å². The highest BCUT2D eigenvalue weighted by atomic mass is 16.5. The van der Waals surface area contributed by atoms with Crippen LogP contribution >= 0.6 is 0 Å². The van der Waals surface area contributed by atoms with Crippen molar-refractivity contribution < 1.29 is 23.8 Å². The molecule has 2 unspecified atom stereocenters. The van der Waals surface area contributed by atoms with E-state index in [1.54, 1.807) is 30.7 Å². The predicted molar refractivity (Wildman–Crippen MR) is 146 cm³/mol. The van der Waals surface area contributed by atoms with E-state index < -0.39 is 5.41 Å². The van der Waals surface area contributed by atoms with Crippen LogP contribution in [0.5, 0.6) is 5.75 Å². The maximum atomic E-state index is 12.8. The van der Waals surface area contributed by atoms with E-state index >= 15 is 0 Å². The number of aromatic nitrogens is 4. The summed E-state index contributed by atoms with van der Waals surface area (Å²) in [5, 5.41) is 11.5. The number of carbonyl (C=O) groups excluding carboxylic acids is 2. The van der Waals surface area contributed by atoms with Gasteiger partial charge >= 0.3 is 5.97 Å². The SMILES string of the molecule is CCOC(=O)c1ccc(-c2ccccc2OCc2cn(CC3CC4(CO3)C(=O)Nc3ccccc34)nn2)nc1C. The molecule has 2 aliphatic heterocycles. The molecule has 1 amide bonds. The molecule has 0 aliphatic carbocycles. The Morgan fingerprint density at radius 2 is 1.98 bits per heavy atom. The minimum atomic E-state index is -0.654. The molecule has 4 aromatic rings. The number of fused-ring (bicyclic) bond motifs is 2. The Labute approximate surface area is 231 Å². The first-order valence-electron chi connectivity index (χ1n) is 13.3. The predicted octanol–water partition coefficient (Wildman–Crippen LogP) is 4.08. The Bertz CT molecular complexity index is 1580. The van der Waals surface area contributed by atoms with E-state index in [1.807, 2.05) is 54.7 Å². The molecule has 10 nitrogen and oxygen atoms in total. The van der Waals surface area contributed by atoms with E-state index in [4.69, 9.17) is 14.2 Å². The van der Waals surface area contributed by atoms with E-state index in [2.05, 4.69) is 20.6 Å². The number of aryl methyl sites for hydroxylation is 1. The lowest BCUT2D eigenvalue weighted by Gasteiger charge is -2.19. The number of hydrogen-bond acceptors (Lipinski definition) is 8. The number of carbonyl (C=O) groups is 2. The number of ether oxygens (including phenoxy) is 3. The second-order valence-electron chi connectivity index (χ2n) is 9.99. The highest BCUT2D eigenvalue weighted by Crippen LogP contribution is 2.45. The van der Waals surface area contributed by atoms with Gasteiger partial charge in [-0.25, -0.2) is 9.48 Å². The van der Waals surface area contributed by atoms with Gasteiger partial charge in [0, 0.05) is 11.3 Å². The molecular formula is C30H29N5O5. The van der Waals surface area contributed by atoms with Crippen LogP contribution in [0.1, 0.15) is 40.7 Å². The van der Waals surface area contributed by atoms with E-state index in [0.29, 0.717) is 54.6 Å². The first-order valence-corrected chi connectivity index (χ1v) is 13.3. The summed E-state index contributed by atoms with van der Waals surface area (Å²) in [6.45, 7) is 4.90. The largest absolute Gasteiger partial charge is 0.486 e. The third-order valence-corrected chi connectivity index (χ3v) is 7.36. The minimum Gasteiger partial charge on any atom is -0.486 e. The van der Waals surface area contributed by atoms with Gasteiger partial charge in [0.15, 0.2) is 0 Å². The second kappa shape index (κ2) is 10.5. The van der Waals surface area contributed by atoms with Gasteiger partial charge in [-0.2, -0.15) is 0 Å². The fraction of sp³-hybridized carbons (Fsp3) is 0.300. The van der Waals surface area contributed by atoms with Crippen LogP contribution in [0, 0.1) is 6.92 Å². The standard InChI is InChI=1S/C30H29N5O5/c1-3-38-28(36)22-12-13-25(31-19(22)2)23-8-4-7-11-27(23)39-17-20-15-35(34-33-20)16-21-14-30(18-40-21)24-9-5-6-10-26(24)32-29(30)37/h4-13,15,21H,3,14,16-18H2,1-2H3,(H,32,37). The van der Waals surface area contributed by atoms with Crippen LogP contribution in [0.2, 0.25) is 0 Å². The third kappa shape index (κ3) is 4.71. The van der Waals surface area contributed by atoms with Crippen LogP contribution < -0.4 is 10.1 Å². The number of hydrogen-bond donors (Lipinski definition) is 1. The van der Waals surface area contributed by atoms with E-state index in [1.165, 1.54) is 0 Å². The Balaban J connectivity index is 1.11. The van der Waals surface area contributed by atoms with Crippen molar-refractivity contribution in [3.05, 3.63) is 89.4 Å². The van der Waals surface area contributed by atoms with Crippen LogP contribution in [-0.2, 0) is 32.8 Å². The zero-order valence-electron chi connectivity index (χ0n) is 22.3. The monoisotopic (exact) mass is 539 g/mol. The van der Waals surface area contributed by atoms with Crippen molar-refractivity contribution >= 4 is 17.6 Å². The Morgan fingerprint density at radius 1 is 1.15 bits per heavy atom. The number of nitrogens with one attached hydrogen (secondary N) is 1. The number of nitrogens with zero attached hydrogens (tertiary/aromatic N) is 4. The zero-order chi connectivity index (χ0) is 27.7. The minimum absolute atomic E-state index is 0.0113. The Hall–Kier alpha value is -4.57. The molecule has 2 aromatic carbocycles. The van der Waals surface area contributed by atoms with Gasteiger partial charge in [0.1, 0.15) is 23.5 Å². The summed E-state index contributed by atoms with van der Waals surface area (Å²) < 4.78 is 19.0.